The lowest BCUT2D eigenvalue weighted by atomic mass is 9.98. The summed E-state index contributed by atoms with van der Waals surface area (Å²) in [6, 6.07) is 1.74. The molecule has 126 valence electrons. The van der Waals surface area contributed by atoms with Gasteiger partial charge in [0.25, 0.3) is 0 Å². The fourth-order valence-electron chi connectivity index (χ4n) is 3.14. The summed E-state index contributed by atoms with van der Waals surface area (Å²) in [5, 5.41) is 0. The summed E-state index contributed by atoms with van der Waals surface area (Å²) in [6.07, 6.45) is 4.32. The minimum atomic E-state index is 0.128. The molecular weight excluding hydrogens is 296 g/mol. The standard InChI is InChI=1S/C16H24N4O3/c1-22-14-3-6-17-16(18-14)20-8-2-7-19(9-10-20)15(21)13-4-11-23-12-5-13/h3,6,13H,2,4-5,7-12H2,1H3. The summed E-state index contributed by atoms with van der Waals surface area (Å²) in [5.41, 5.74) is 0. The number of amides is 1. The van der Waals surface area contributed by atoms with E-state index in [1.807, 2.05) is 4.90 Å². The van der Waals surface area contributed by atoms with Crippen LogP contribution in [0.25, 0.3) is 0 Å². The Morgan fingerprint density at radius 2 is 2.09 bits per heavy atom. The molecule has 23 heavy (non-hydrogen) atoms. The predicted molar refractivity (Wildman–Crippen MR) is 85.5 cm³/mol. The fraction of sp³-hybridized carbons (Fsp3) is 0.688. The van der Waals surface area contributed by atoms with Gasteiger partial charge >= 0.3 is 0 Å². The SMILES string of the molecule is COc1ccnc(N2CCCN(C(=O)C3CCOCC3)CC2)n1. The first kappa shape index (κ1) is 16.0. The molecule has 0 aromatic carbocycles. The molecule has 0 N–H and O–H groups in total. The van der Waals surface area contributed by atoms with Crippen molar-refractivity contribution in [3.63, 3.8) is 0 Å². The number of carbonyl (C=O) groups is 1. The molecule has 1 aromatic rings. The van der Waals surface area contributed by atoms with Gasteiger partial charge in [0.1, 0.15) is 0 Å². The van der Waals surface area contributed by atoms with Gasteiger partial charge in [-0.25, -0.2) is 4.98 Å². The Kier molecular flexibility index (Phi) is 5.27. The van der Waals surface area contributed by atoms with E-state index in [-0.39, 0.29) is 11.8 Å². The van der Waals surface area contributed by atoms with Gasteiger partial charge in [-0.3, -0.25) is 4.79 Å². The normalized spacial score (nSPS) is 20.2. The zero-order valence-corrected chi connectivity index (χ0v) is 13.6. The molecule has 7 heteroatoms. The first-order valence-electron chi connectivity index (χ1n) is 8.26. The summed E-state index contributed by atoms with van der Waals surface area (Å²) < 4.78 is 10.5. The maximum atomic E-state index is 12.7. The van der Waals surface area contributed by atoms with Crippen molar-refractivity contribution in [3.8, 4) is 5.88 Å². The predicted octanol–water partition coefficient (Wildman–Crippen LogP) is 0.950. The second kappa shape index (κ2) is 7.59. The van der Waals surface area contributed by atoms with E-state index in [4.69, 9.17) is 9.47 Å². The third kappa shape index (κ3) is 3.90. The Morgan fingerprint density at radius 1 is 1.26 bits per heavy atom. The van der Waals surface area contributed by atoms with Gasteiger partial charge in [-0.05, 0) is 19.3 Å². The van der Waals surface area contributed by atoms with Crippen LogP contribution in [0.4, 0.5) is 5.95 Å². The Bertz CT molecular complexity index is 534. The van der Waals surface area contributed by atoms with Crippen LogP contribution >= 0.6 is 0 Å². The molecule has 2 aliphatic rings. The molecule has 3 rings (SSSR count). The van der Waals surface area contributed by atoms with Gasteiger partial charge in [-0.15, -0.1) is 0 Å². The Morgan fingerprint density at radius 3 is 2.87 bits per heavy atom. The van der Waals surface area contributed by atoms with Gasteiger partial charge in [0.05, 0.1) is 7.11 Å². The zero-order valence-electron chi connectivity index (χ0n) is 13.6. The van der Waals surface area contributed by atoms with E-state index in [1.54, 1.807) is 19.4 Å². The van der Waals surface area contributed by atoms with Gasteiger partial charge in [-0.1, -0.05) is 0 Å². The van der Waals surface area contributed by atoms with Crippen LogP contribution in [0.15, 0.2) is 12.3 Å². The van der Waals surface area contributed by atoms with Crippen LogP contribution in [0.5, 0.6) is 5.88 Å². The van der Waals surface area contributed by atoms with Crippen molar-refractivity contribution in [1.29, 1.82) is 0 Å². The van der Waals surface area contributed by atoms with Gasteiger partial charge in [0, 0.05) is 57.6 Å². The van der Waals surface area contributed by atoms with Crippen LogP contribution in [-0.4, -0.2) is 67.3 Å². The molecule has 1 aromatic heterocycles. The average Bonchev–Trinajstić information content (AvgIpc) is 2.88. The van der Waals surface area contributed by atoms with Crippen LogP contribution in [0.2, 0.25) is 0 Å². The number of nitrogens with zero attached hydrogens (tertiary/aromatic N) is 4. The minimum absolute atomic E-state index is 0.128. The molecular formula is C16H24N4O3. The highest BCUT2D eigenvalue weighted by molar-refractivity contribution is 5.79. The molecule has 0 saturated carbocycles. The minimum Gasteiger partial charge on any atom is -0.481 e. The van der Waals surface area contributed by atoms with E-state index in [2.05, 4.69) is 14.9 Å². The number of rotatable bonds is 3. The molecule has 2 saturated heterocycles. The number of hydrogen-bond acceptors (Lipinski definition) is 6. The van der Waals surface area contributed by atoms with Crippen molar-refractivity contribution in [2.45, 2.75) is 19.3 Å². The van der Waals surface area contributed by atoms with Gasteiger partial charge in [0.2, 0.25) is 17.7 Å². The number of methoxy groups -OCH3 is 1. The smallest absolute Gasteiger partial charge is 0.228 e. The number of anilines is 1. The molecule has 0 bridgehead atoms. The van der Waals surface area contributed by atoms with E-state index in [9.17, 15) is 4.79 Å². The summed E-state index contributed by atoms with van der Waals surface area (Å²) in [7, 11) is 1.60. The van der Waals surface area contributed by atoms with E-state index < -0.39 is 0 Å². The average molecular weight is 320 g/mol. The molecule has 0 unspecified atom stereocenters. The fourth-order valence-corrected chi connectivity index (χ4v) is 3.14. The molecule has 0 aliphatic carbocycles. The van der Waals surface area contributed by atoms with Gasteiger partial charge < -0.3 is 19.3 Å². The highest BCUT2D eigenvalue weighted by Crippen LogP contribution is 2.20. The quantitative estimate of drug-likeness (QED) is 0.826. The molecule has 0 radical (unpaired) electrons. The molecule has 0 atom stereocenters. The molecule has 3 heterocycles. The first-order valence-corrected chi connectivity index (χ1v) is 8.26. The van der Waals surface area contributed by atoms with Crippen LogP contribution in [0.1, 0.15) is 19.3 Å². The second-order valence-electron chi connectivity index (χ2n) is 5.95. The molecule has 7 nitrogen and oxygen atoms in total. The Balaban J connectivity index is 1.61. The lowest BCUT2D eigenvalue weighted by Crippen LogP contribution is -2.40. The van der Waals surface area contributed by atoms with E-state index >= 15 is 0 Å². The number of hydrogen-bond donors (Lipinski definition) is 0. The zero-order chi connectivity index (χ0) is 16.1. The largest absolute Gasteiger partial charge is 0.481 e. The van der Waals surface area contributed by atoms with Gasteiger partial charge in [0.15, 0.2) is 0 Å². The van der Waals surface area contributed by atoms with Crippen molar-refractivity contribution in [1.82, 2.24) is 14.9 Å². The van der Waals surface area contributed by atoms with Crippen molar-refractivity contribution in [2.24, 2.45) is 5.92 Å². The summed E-state index contributed by atoms with van der Waals surface area (Å²) >= 11 is 0. The Labute approximate surface area is 136 Å². The lowest BCUT2D eigenvalue weighted by Gasteiger charge is -2.28. The third-order valence-corrected chi connectivity index (χ3v) is 4.49. The molecule has 1 amide bonds. The monoisotopic (exact) mass is 320 g/mol. The number of ether oxygens (including phenoxy) is 2. The topological polar surface area (TPSA) is 67.8 Å². The van der Waals surface area contributed by atoms with Crippen LogP contribution in [0.3, 0.4) is 0 Å². The lowest BCUT2D eigenvalue weighted by molar-refractivity contribution is -0.138. The molecule has 2 fully saturated rings. The number of aromatic nitrogens is 2. The second-order valence-corrected chi connectivity index (χ2v) is 5.95. The van der Waals surface area contributed by atoms with Crippen LogP contribution in [-0.2, 0) is 9.53 Å². The summed E-state index contributed by atoms with van der Waals surface area (Å²) in [5.74, 6) is 1.64. The highest BCUT2D eigenvalue weighted by Gasteiger charge is 2.28. The van der Waals surface area contributed by atoms with Crippen molar-refractivity contribution in [2.75, 3.05) is 51.4 Å². The summed E-state index contributed by atoms with van der Waals surface area (Å²) in [6.45, 7) is 4.53. The number of carbonyl (C=O) groups excluding carboxylic acids is 1. The summed E-state index contributed by atoms with van der Waals surface area (Å²) in [4.78, 5) is 25.5. The maximum Gasteiger partial charge on any atom is 0.228 e. The molecule has 2 aliphatic heterocycles. The van der Waals surface area contributed by atoms with Crippen molar-refractivity contribution in [3.05, 3.63) is 12.3 Å². The van der Waals surface area contributed by atoms with Crippen LogP contribution < -0.4 is 9.64 Å². The third-order valence-electron chi connectivity index (χ3n) is 4.49. The van der Waals surface area contributed by atoms with E-state index in [1.165, 1.54) is 0 Å². The Hall–Kier alpha value is -1.89. The highest BCUT2D eigenvalue weighted by atomic mass is 16.5. The van der Waals surface area contributed by atoms with E-state index in [0.717, 1.165) is 45.4 Å². The van der Waals surface area contributed by atoms with E-state index in [0.29, 0.717) is 25.0 Å². The maximum absolute atomic E-state index is 12.7. The van der Waals surface area contributed by atoms with Crippen molar-refractivity contribution < 1.29 is 14.3 Å². The first-order chi connectivity index (χ1) is 11.3. The van der Waals surface area contributed by atoms with Gasteiger partial charge in [-0.2, -0.15) is 4.98 Å². The van der Waals surface area contributed by atoms with Crippen molar-refractivity contribution >= 4 is 11.9 Å². The molecule has 0 spiro atoms. The van der Waals surface area contributed by atoms with Crippen LogP contribution in [0, 0.1) is 5.92 Å².